The van der Waals surface area contributed by atoms with Gasteiger partial charge in [-0.05, 0) is 83.8 Å². The van der Waals surface area contributed by atoms with Crippen LogP contribution in [0, 0.1) is 11.7 Å². The van der Waals surface area contributed by atoms with Gasteiger partial charge in [-0.2, -0.15) is 0 Å². The van der Waals surface area contributed by atoms with Gasteiger partial charge in [0.15, 0.2) is 0 Å². The molecule has 8 heteroatoms. The predicted octanol–water partition coefficient (Wildman–Crippen LogP) is 6.82. The van der Waals surface area contributed by atoms with Gasteiger partial charge in [0.25, 0.3) is 11.8 Å². The minimum Gasteiger partial charge on any atom is -0.486 e. The lowest BCUT2D eigenvalue weighted by molar-refractivity contribution is 0.0945. The number of rotatable bonds is 9. The summed E-state index contributed by atoms with van der Waals surface area (Å²) in [5, 5.41) is 6.21. The average Bonchev–Trinajstić information content (AvgIpc) is 3.62. The third-order valence-corrected chi connectivity index (χ3v) is 6.38. The lowest BCUT2D eigenvalue weighted by atomic mass is 9.98. The number of amides is 2. The number of ether oxygens (including phenoxy) is 1. The Labute approximate surface area is 230 Å². The Bertz CT molecular complexity index is 1650. The summed E-state index contributed by atoms with van der Waals surface area (Å²) in [4.78, 5) is 26.0. The molecule has 5 aromatic rings. The van der Waals surface area contributed by atoms with Gasteiger partial charge in [0.2, 0.25) is 0 Å². The van der Waals surface area contributed by atoms with E-state index in [9.17, 15) is 14.0 Å². The summed E-state index contributed by atoms with van der Waals surface area (Å²) in [7, 11) is 1.54. The second kappa shape index (κ2) is 11.5. The van der Waals surface area contributed by atoms with Gasteiger partial charge in [0, 0.05) is 30.1 Å². The molecule has 0 aliphatic heterocycles. The van der Waals surface area contributed by atoms with Crippen molar-refractivity contribution in [2.45, 2.75) is 20.5 Å². The summed E-state index contributed by atoms with van der Waals surface area (Å²) in [5.41, 5.74) is 3.34. The number of carbonyl (C=O) groups is 2. The number of furan rings is 2. The van der Waals surface area contributed by atoms with Crippen LogP contribution < -0.4 is 15.4 Å². The summed E-state index contributed by atoms with van der Waals surface area (Å²) in [5.74, 6) is 0.853. The van der Waals surface area contributed by atoms with Crippen LogP contribution in [0.15, 0.2) is 87.9 Å². The molecule has 5 rings (SSSR count). The Balaban J connectivity index is 1.59. The first kappa shape index (κ1) is 26.7. The Hall–Kier alpha value is -4.85. The van der Waals surface area contributed by atoms with Crippen molar-refractivity contribution >= 4 is 22.8 Å². The van der Waals surface area contributed by atoms with Crippen molar-refractivity contribution in [2.75, 3.05) is 13.6 Å². The molecule has 0 spiro atoms. The van der Waals surface area contributed by atoms with Crippen LogP contribution in [0.1, 0.15) is 40.3 Å². The molecule has 0 saturated heterocycles. The second-order valence-corrected chi connectivity index (χ2v) is 9.82. The van der Waals surface area contributed by atoms with Crippen molar-refractivity contribution in [1.29, 1.82) is 0 Å². The van der Waals surface area contributed by atoms with E-state index in [-0.39, 0.29) is 24.2 Å². The highest BCUT2D eigenvalue weighted by molar-refractivity contribution is 6.12. The first-order valence-corrected chi connectivity index (χ1v) is 13.0. The maximum atomic E-state index is 13.6. The van der Waals surface area contributed by atoms with Gasteiger partial charge in [0.1, 0.15) is 35.3 Å². The molecule has 0 unspecified atom stereocenters. The molecule has 40 heavy (non-hydrogen) atoms. The normalized spacial score (nSPS) is 11.1. The molecule has 2 amide bonds. The monoisotopic (exact) mass is 540 g/mol. The zero-order chi connectivity index (χ0) is 28.2. The third-order valence-electron chi connectivity index (χ3n) is 6.38. The molecular weight excluding hydrogens is 511 g/mol. The van der Waals surface area contributed by atoms with E-state index < -0.39 is 0 Å². The van der Waals surface area contributed by atoms with E-state index in [1.807, 2.05) is 38.1 Å². The number of hydrogen-bond donors (Lipinski definition) is 2. The van der Waals surface area contributed by atoms with Crippen LogP contribution in [0.2, 0.25) is 0 Å². The first-order valence-electron chi connectivity index (χ1n) is 13.0. The van der Waals surface area contributed by atoms with Crippen molar-refractivity contribution in [3.8, 4) is 28.2 Å². The zero-order valence-corrected chi connectivity index (χ0v) is 22.4. The number of halogens is 1. The van der Waals surface area contributed by atoms with E-state index in [1.165, 1.54) is 12.1 Å². The number of nitrogens with one attached hydrogen (secondary N) is 2. The Morgan fingerprint density at radius 3 is 2.40 bits per heavy atom. The second-order valence-electron chi connectivity index (χ2n) is 9.82. The molecule has 2 N–H and O–H groups in total. The van der Waals surface area contributed by atoms with Crippen molar-refractivity contribution < 1.29 is 27.6 Å². The quantitative estimate of drug-likeness (QED) is 0.214. The fraction of sp³-hybridized carbons (Fsp3) is 0.188. The van der Waals surface area contributed by atoms with Crippen molar-refractivity contribution in [2.24, 2.45) is 5.92 Å². The molecule has 0 fully saturated rings. The molecule has 0 atom stereocenters. The Morgan fingerprint density at radius 1 is 0.925 bits per heavy atom. The Morgan fingerprint density at radius 2 is 1.70 bits per heavy atom. The molecule has 7 nitrogen and oxygen atoms in total. The fourth-order valence-corrected chi connectivity index (χ4v) is 4.36. The molecular formula is C32H29FN2O5. The fourth-order valence-electron chi connectivity index (χ4n) is 4.36. The van der Waals surface area contributed by atoms with Gasteiger partial charge < -0.3 is 24.2 Å². The summed E-state index contributed by atoms with van der Waals surface area (Å²) >= 11 is 0. The van der Waals surface area contributed by atoms with Crippen molar-refractivity contribution in [3.63, 3.8) is 0 Å². The highest BCUT2D eigenvalue weighted by Crippen LogP contribution is 2.37. The SMILES string of the molecule is CNC(=O)c1c(-c2ccc(F)cc2)oc2ccc(-c3cc(OCc4ccco4)cc(C(=O)NCC(C)C)c3)cc12. The van der Waals surface area contributed by atoms with Gasteiger partial charge in [-0.15, -0.1) is 0 Å². The maximum Gasteiger partial charge on any atom is 0.255 e. The number of fused-ring (bicyclic) bond motifs is 1. The summed E-state index contributed by atoms with van der Waals surface area (Å²) in [6.07, 6.45) is 1.57. The summed E-state index contributed by atoms with van der Waals surface area (Å²) < 4.78 is 31.0. The van der Waals surface area contributed by atoms with Gasteiger partial charge in [0.05, 0.1) is 11.8 Å². The van der Waals surface area contributed by atoms with Crippen LogP contribution in [-0.4, -0.2) is 25.4 Å². The van der Waals surface area contributed by atoms with Crippen LogP contribution in [0.3, 0.4) is 0 Å². The molecule has 0 bridgehead atoms. The van der Waals surface area contributed by atoms with Gasteiger partial charge in [-0.3, -0.25) is 9.59 Å². The lowest BCUT2D eigenvalue weighted by Gasteiger charge is -2.13. The molecule has 0 aliphatic carbocycles. The van der Waals surface area contributed by atoms with Gasteiger partial charge in [-0.1, -0.05) is 19.9 Å². The molecule has 204 valence electrons. The van der Waals surface area contributed by atoms with Crippen LogP contribution >= 0.6 is 0 Å². The average molecular weight is 541 g/mol. The number of benzene rings is 3. The maximum absolute atomic E-state index is 13.6. The third kappa shape index (κ3) is 5.76. The molecule has 0 saturated carbocycles. The molecule has 0 aliphatic rings. The van der Waals surface area contributed by atoms with Crippen LogP contribution in [0.4, 0.5) is 4.39 Å². The molecule has 2 heterocycles. The minimum absolute atomic E-state index is 0.201. The first-order chi connectivity index (χ1) is 19.3. The van der Waals surface area contributed by atoms with E-state index >= 15 is 0 Å². The molecule has 0 radical (unpaired) electrons. The summed E-state index contributed by atoms with van der Waals surface area (Å²) in [6, 6.07) is 20.2. The minimum atomic E-state index is -0.383. The van der Waals surface area contributed by atoms with Gasteiger partial charge >= 0.3 is 0 Å². The van der Waals surface area contributed by atoms with Crippen LogP contribution in [0.25, 0.3) is 33.4 Å². The zero-order valence-electron chi connectivity index (χ0n) is 22.4. The highest BCUT2D eigenvalue weighted by Gasteiger charge is 2.22. The standard InChI is InChI=1S/C32H29FN2O5/c1-19(2)17-35-31(36)23-13-22(14-26(15-23)39-18-25-5-4-12-38-25)21-8-11-28-27(16-21)29(32(37)34-3)30(40-28)20-6-9-24(33)10-7-20/h4-16,19H,17-18H2,1-3H3,(H,34,37)(H,35,36). The van der Waals surface area contributed by atoms with Gasteiger partial charge in [-0.25, -0.2) is 4.39 Å². The van der Waals surface area contributed by atoms with Crippen LogP contribution in [0.5, 0.6) is 5.75 Å². The molecule has 3 aromatic carbocycles. The topological polar surface area (TPSA) is 93.7 Å². The van der Waals surface area contributed by atoms with E-state index in [4.69, 9.17) is 13.6 Å². The number of carbonyl (C=O) groups excluding carboxylic acids is 2. The largest absolute Gasteiger partial charge is 0.486 e. The van der Waals surface area contributed by atoms with Crippen molar-refractivity contribution in [1.82, 2.24) is 10.6 Å². The van der Waals surface area contributed by atoms with E-state index in [1.54, 1.807) is 49.7 Å². The van der Waals surface area contributed by atoms with Crippen molar-refractivity contribution in [3.05, 3.63) is 102 Å². The Kier molecular flexibility index (Phi) is 7.68. The van der Waals surface area contributed by atoms with Crippen LogP contribution in [-0.2, 0) is 6.61 Å². The number of hydrogen-bond acceptors (Lipinski definition) is 5. The van der Waals surface area contributed by atoms with E-state index in [0.717, 1.165) is 11.1 Å². The lowest BCUT2D eigenvalue weighted by Crippen LogP contribution is -2.27. The highest BCUT2D eigenvalue weighted by atomic mass is 19.1. The smallest absolute Gasteiger partial charge is 0.255 e. The van der Waals surface area contributed by atoms with E-state index in [0.29, 0.717) is 57.4 Å². The predicted molar refractivity (Wildman–Crippen MR) is 151 cm³/mol. The summed E-state index contributed by atoms with van der Waals surface area (Å²) in [6.45, 7) is 4.79. The van der Waals surface area contributed by atoms with E-state index in [2.05, 4.69) is 10.6 Å². The molecule has 2 aromatic heterocycles.